The molecule has 0 aromatic carbocycles. The number of hydrogen-bond acceptors (Lipinski definition) is 3. The van der Waals surface area contributed by atoms with Crippen molar-refractivity contribution in [3.05, 3.63) is 16.1 Å². The standard InChI is InChI=1S/C11H17F3N2S/c1-4-15-8(5-7(2)3)9-6-16-10(17-9)11(12,13)14/h6-8,15H,4-5H2,1-3H3. The minimum Gasteiger partial charge on any atom is -0.309 e. The number of nitrogens with one attached hydrogen (secondary N) is 1. The van der Waals surface area contributed by atoms with Crippen LogP contribution in [-0.2, 0) is 6.18 Å². The third-order valence-corrected chi connectivity index (χ3v) is 3.42. The molecule has 0 amide bonds. The Hall–Kier alpha value is -0.620. The summed E-state index contributed by atoms with van der Waals surface area (Å²) in [5, 5.41) is 2.43. The van der Waals surface area contributed by atoms with Crippen LogP contribution >= 0.6 is 11.3 Å². The predicted octanol–water partition coefficient (Wildman–Crippen LogP) is 3.86. The van der Waals surface area contributed by atoms with Gasteiger partial charge in [-0.25, -0.2) is 4.98 Å². The summed E-state index contributed by atoms with van der Waals surface area (Å²) in [5.41, 5.74) is 0. The van der Waals surface area contributed by atoms with Crippen LogP contribution in [0.3, 0.4) is 0 Å². The van der Waals surface area contributed by atoms with Crippen molar-refractivity contribution in [2.45, 2.75) is 39.4 Å². The zero-order valence-electron chi connectivity index (χ0n) is 10.1. The highest BCUT2D eigenvalue weighted by Crippen LogP contribution is 2.35. The molecule has 2 nitrogen and oxygen atoms in total. The summed E-state index contributed by atoms with van der Waals surface area (Å²) in [4.78, 5) is 4.11. The lowest BCUT2D eigenvalue weighted by atomic mass is 10.0. The number of hydrogen-bond donors (Lipinski definition) is 1. The summed E-state index contributed by atoms with van der Waals surface area (Å²) in [5.74, 6) is 0.426. The summed E-state index contributed by atoms with van der Waals surface area (Å²) < 4.78 is 37.3. The molecule has 1 rings (SSSR count). The van der Waals surface area contributed by atoms with Crippen molar-refractivity contribution in [2.24, 2.45) is 5.92 Å². The molecule has 6 heteroatoms. The lowest BCUT2D eigenvalue weighted by Gasteiger charge is -2.17. The molecule has 1 atom stereocenters. The fraction of sp³-hybridized carbons (Fsp3) is 0.727. The van der Waals surface area contributed by atoms with E-state index < -0.39 is 11.2 Å². The van der Waals surface area contributed by atoms with Crippen LogP contribution in [0.1, 0.15) is 43.1 Å². The Bertz CT molecular complexity index is 347. The molecule has 0 saturated heterocycles. The second-order valence-electron chi connectivity index (χ2n) is 4.31. The number of nitrogens with zero attached hydrogens (tertiary/aromatic N) is 1. The SMILES string of the molecule is CCNC(CC(C)C)c1cnc(C(F)(F)F)s1. The van der Waals surface area contributed by atoms with Crippen LogP contribution in [0.15, 0.2) is 6.20 Å². The van der Waals surface area contributed by atoms with E-state index in [0.29, 0.717) is 10.8 Å². The van der Waals surface area contributed by atoms with Crippen LogP contribution in [0.5, 0.6) is 0 Å². The molecule has 0 radical (unpaired) electrons. The molecule has 1 N–H and O–H groups in total. The fourth-order valence-electron chi connectivity index (χ4n) is 1.60. The molecule has 0 spiro atoms. The monoisotopic (exact) mass is 266 g/mol. The van der Waals surface area contributed by atoms with Gasteiger partial charge >= 0.3 is 6.18 Å². The Balaban J connectivity index is 2.84. The highest BCUT2D eigenvalue weighted by molar-refractivity contribution is 7.11. The number of aromatic nitrogens is 1. The Morgan fingerprint density at radius 3 is 2.47 bits per heavy atom. The van der Waals surface area contributed by atoms with Gasteiger partial charge in [0.1, 0.15) is 0 Å². The second-order valence-corrected chi connectivity index (χ2v) is 5.37. The van der Waals surface area contributed by atoms with Crippen LogP contribution in [0.4, 0.5) is 13.2 Å². The summed E-state index contributed by atoms with van der Waals surface area (Å²) in [6.45, 7) is 6.78. The average molecular weight is 266 g/mol. The zero-order chi connectivity index (χ0) is 13.1. The highest BCUT2D eigenvalue weighted by atomic mass is 32.1. The maximum atomic E-state index is 12.4. The van der Waals surface area contributed by atoms with E-state index in [2.05, 4.69) is 24.1 Å². The molecule has 17 heavy (non-hydrogen) atoms. The van der Waals surface area contributed by atoms with Gasteiger partial charge in [-0.2, -0.15) is 13.2 Å². The summed E-state index contributed by atoms with van der Waals surface area (Å²) >= 11 is 0.731. The molecule has 0 aliphatic carbocycles. The molecule has 1 aromatic rings. The van der Waals surface area contributed by atoms with Crippen molar-refractivity contribution in [1.82, 2.24) is 10.3 Å². The van der Waals surface area contributed by atoms with Gasteiger partial charge < -0.3 is 5.32 Å². The first-order chi connectivity index (χ1) is 7.84. The van der Waals surface area contributed by atoms with Gasteiger partial charge in [-0.15, -0.1) is 11.3 Å². The van der Waals surface area contributed by atoms with E-state index in [1.165, 1.54) is 6.20 Å². The molecule has 0 aliphatic rings. The molecule has 1 heterocycles. The van der Waals surface area contributed by atoms with Crippen molar-refractivity contribution in [2.75, 3.05) is 6.54 Å². The zero-order valence-corrected chi connectivity index (χ0v) is 11.0. The number of rotatable bonds is 5. The van der Waals surface area contributed by atoms with Crippen molar-refractivity contribution in [1.29, 1.82) is 0 Å². The number of halogens is 3. The molecule has 0 aliphatic heterocycles. The Morgan fingerprint density at radius 1 is 1.41 bits per heavy atom. The quantitative estimate of drug-likeness (QED) is 0.875. The van der Waals surface area contributed by atoms with Gasteiger partial charge in [0.25, 0.3) is 0 Å². The number of thiazole rings is 1. The average Bonchev–Trinajstić information content (AvgIpc) is 2.64. The van der Waals surface area contributed by atoms with Gasteiger partial charge in [0.15, 0.2) is 5.01 Å². The largest absolute Gasteiger partial charge is 0.443 e. The van der Waals surface area contributed by atoms with E-state index in [1.807, 2.05) is 6.92 Å². The Kier molecular flexibility index (Phi) is 4.94. The van der Waals surface area contributed by atoms with E-state index in [-0.39, 0.29) is 6.04 Å². The summed E-state index contributed by atoms with van der Waals surface area (Å²) in [6, 6.07) is -0.0337. The topological polar surface area (TPSA) is 24.9 Å². The molecule has 1 unspecified atom stereocenters. The molecular weight excluding hydrogens is 249 g/mol. The first-order valence-electron chi connectivity index (χ1n) is 5.60. The predicted molar refractivity (Wildman–Crippen MR) is 63.0 cm³/mol. The van der Waals surface area contributed by atoms with Crippen LogP contribution in [-0.4, -0.2) is 11.5 Å². The van der Waals surface area contributed by atoms with Crippen LogP contribution in [0.2, 0.25) is 0 Å². The van der Waals surface area contributed by atoms with E-state index in [1.54, 1.807) is 0 Å². The molecule has 0 saturated carbocycles. The first-order valence-corrected chi connectivity index (χ1v) is 6.42. The van der Waals surface area contributed by atoms with Gasteiger partial charge in [-0.1, -0.05) is 20.8 Å². The van der Waals surface area contributed by atoms with Gasteiger partial charge in [0, 0.05) is 17.1 Å². The van der Waals surface area contributed by atoms with E-state index in [0.717, 1.165) is 24.3 Å². The van der Waals surface area contributed by atoms with E-state index in [9.17, 15) is 13.2 Å². The maximum Gasteiger partial charge on any atom is 0.443 e. The number of alkyl halides is 3. The summed E-state index contributed by atoms with van der Waals surface area (Å²) in [6.07, 6.45) is -2.19. The normalized spacial score (nSPS) is 14.3. The lowest BCUT2D eigenvalue weighted by Crippen LogP contribution is -2.21. The van der Waals surface area contributed by atoms with Crippen molar-refractivity contribution in [3.63, 3.8) is 0 Å². The van der Waals surface area contributed by atoms with Crippen LogP contribution in [0.25, 0.3) is 0 Å². The Morgan fingerprint density at radius 2 is 2.06 bits per heavy atom. The van der Waals surface area contributed by atoms with Crippen molar-refractivity contribution >= 4 is 11.3 Å². The molecule has 0 fully saturated rings. The highest BCUT2D eigenvalue weighted by Gasteiger charge is 2.35. The van der Waals surface area contributed by atoms with Crippen LogP contribution in [0, 0.1) is 5.92 Å². The van der Waals surface area contributed by atoms with Crippen LogP contribution < -0.4 is 5.32 Å². The molecule has 0 bridgehead atoms. The minimum atomic E-state index is -4.34. The maximum absolute atomic E-state index is 12.4. The van der Waals surface area contributed by atoms with Gasteiger partial charge in [-0.3, -0.25) is 0 Å². The van der Waals surface area contributed by atoms with Gasteiger partial charge in [-0.05, 0) is 18.9 Å². The summed E-state index contributed by atoms with van der Waals surface area (Å²) in [7, 11) is 0. The minimum absolute atomic E-state index is 0.0337. The second kappa shape index (κ2) is 5.82. The van der Waals surface area contributed by atoms with E-state index >= 15 is 0 Å². The van der Waals surface area contributed by atoms with Crippen molar-refractivity contribution in [3.8, 4) is 0 Å². The third-order valence-electron chi connectivity index (χ3n) is 2.27. The lowest BCUT2D eigenvalue weighted by molar-refractivity contribution is -0.137. The molecule has 1 aromatic heterocycles. The third kappa shape index (κ3) is 4.27. The van der Waals surface area contributed by atoms with E-state index in [4.69, 9.17) is 0 Å². The van der Waals surface area contributed by atoms with Crippen molar-refractivity contribution < 1.29 is 13.2 Å². The van der Waals surface area contributed by atoms with Gasteiger partial charge in [0.2, 0.25) is 0 Å². The van der Waals surface area contributed by atoms with Gasteiger partial charge in [0.05, 0.1) is 0 Å². The molecular formula is C11H17F3N2S. The smallest absolute Gasteiger partial charge is 0.309 e. The first kappa shape index (κ1) is 14.4. The molecule has 98 valence electrons. The fourth-order valence-corrected chi connectivity index (χ4v) is 2.47. The Labute approximate surface area is 103 Å².